The molecule has 8 nitrogen and oxygen atoms in total. The molecular weight excluding hydrogens is 386 g/mol. The van der Waals surface area contributed by atoms with Crippen molar-refractivity contribution >= 4 is 11.9 Å². The van der Waals surface area contributed by atoms with Crippen molar-refractivity contribution < 1.29 is 23.6 Å². The molecular formula is C22H27N3O5. The van der Waals surface area contributed by atoms with Gasteiger partial charge in [0.1, 0.15) is 5.60 Å². The summed E-state index contributed by atoms with van der Waals surface area (Å²) in [4.78, 5) is 31.0. The van der Waals surface area contributed by atoms with Gasteiger partial charge in [-0.25, -0.2) is 4.79 Å². The third-order valence-electron chi connectivity index (χ3n) is 5.35. The zero-order chi connectivity index (χ0) is 21.3. The molecule has 0 saturated carbocycles. The third-order valence-corrected chi connectivity index (χ3v) is 5.35. The van der Waals surface area contributed by atoms with Crippen LogP contribution in [0, 0.1) is 5.92 Å². The molecule has 0 aliphatic carbocycles. The number of likely N-dealkylation sites (tertiary alicyclic amines) is 1. The van der Waals surface area contributed by atoms with E-state index in [2.05, 4.69) is 10.1 Å². The number of aromatic nitrogens is 2. The molecule has 0 spiro atoms. The number of ketones is 1. The van der Waals surface area contributed by atoms with E-state index in [0.29, 0.717) is 43.6 Å². The normalized spacial score (nSPS) is 18.2. The summed E-state index contributed by atoms with van der Waals surface area (Å²) in [6, 6.07) is 7.31. The second-order valence-corrected chi connectivity index (χ2v) is 8.88. The largest absolute Gasteiger partial charge is 0.444 e. The molecule has 2 fully saturated rings. The molecule has 0 radical (unpaired) electrons. The van der Waals surface area contributed by atoms with Gasteiger partial charge in [0.25, 0.3) is 0 Å². The summed E-state index contributed by atoms with van der Waals surface area (Å²) >= 11 is 0. The molecule has 0 bridgehead atoms. The van der Waals surface area contributed by atoms with Gasteiger partial charge in [-0.15, -0.1) is 0 Å². The van der Waals surface area contributed by atoms with Crippen molar-refractivity contribution in [3.63, 3.8) is 0 Å². The van der Waals surface area contributed by atoms with E-state index in [1.807, 2.05) is 32.9 Å². The van der Waals surface area contributed by atoms with Gasteiger partial charge < -0.3 is 18.9 Å². The summed E-state index contributed by atoms with van der Waals surface area (Å²) in [6.07, 6.45) is 1.19. The first-order valence-corrected chi connectivity index (χ1v) is 10.3. The second-order valence-electron chi connectivity index (χ2n) is 8.88. The van der Waals surface area contributed by atoms with Crippen LogP contribution in [0.1, 0.15) is 55.8 Å². The van der Waals surface area contributed by atoms with E-state index in [1.54, 1.807) is 17.0 Å². The fourth-order valence-electron chi connectivity index (χ4n) is 3.59. The molecule has 1 aromatic heterocycles. The minimum Gasteiger partial charge on any atom is -0.444 e. The summed E-state index contributed by atoms with van der Waals surface area (Å²) in [6.45, 7) is 7.73. The lowest BCUT2D eigenvalue weighted by Crippen LogP contribution is -2.41. The monoisotopic (exact) mass is 413 g/mol. The highest BCUT2D eigenvalue weighted by Crippen LogP contribution is 2.29. The zero-order valence-electron chi connectivity index (χ0n) is 17.6. The van der Waals surface area contributed by atoms with Crippen molar-refractivity contribution in [3.05, 3.63) is 35.7 Å². The van der Waals surface area contributed by atoms with E-state index in [-0.39, 0.29) is 23.7 Å². The summed E-state index contributed by atoms with van der Waals surface area (Å²) in [5.74, 6) is 1.16. The van der Waals surface area contributed by atoms with Crippen LogP contribution >= 0.6 is 0 Å². The maximum Gasteiger partial charge on any atom is 0.410 e. The fraction of sp³-hybridized carbons (Fsp3) is 0.545. The zero-order valence-corrected chi connectivity index (χ0v) is 17.6. The van der Waals surface area contributed by atoms with Gasteiger partial charge in [-0.05, 0) is 39.7 Å². The van der Waals surface area contributed by atoms with E-state index in [1.165, 1.54) is 0 Å². The molecule has 2 aliphatic rings. The number of nitrogens with zero attached hydrogens (tertiary/aromatic N) is 3. The molecule has 8 heteroatoms. The molecule has 1 aromatic carbocycles. The molecule has 2 aliphatic heterocycles. The first kappa shape index (κ1) is 20.5. The quantitative estimate of drug-likeness (QED) is 0.706. The Morgan fingerprint density at radius 2 is 1.90 bits per heavy atom. The van der Waals surface area contributed by atoms with Crippen LogP contribution in [-0.4, -0.2) is 58.8 Å². The number of ether oxygens (including phenoxy) is 2. The first-order chi connectivity index (χ1) is 14.3. The second kappa shape index (κ2) is 8.18. The van der Waals surface area contributed by atoms with Crippen molar-refractivity contribution in [2.24, 2.45) is 5.92 Å². The van der Waals surface area contributed by atoms with Crippen molar-refractivity contribution in [1.29, 1.82) is 0 Å². The fourth-order valence-corrected chi connectivity index (χ4v) is 3.59. The van der Waals surface area contributed by atoms with Crippen molar-refractivity contribution in [1.82, 2.24) is 15.0 Å². The molecule has 2 aromatic rings. The lowest BCUT2D eigenvalue weighted by molar-refractivity contribution is -0.0194. The molecule has 30 heavy (non-hydrogen) atoms. The Hall–Kier alpha value is -2.74. The number of hydrogen-bond acceptors (Lipinski definition) is 7. The summed E-state index contributed by atoms with van der Waals surface area (Å²) in [5, 5.41) is 4.12. The molecule has 1 amide bonds. The molecule has 0 unspecified atom stereocenters. The summed E-state index contributed by atoms with van der Waals surface area (Å²) < 4.78 is 16.1. The van der Waals surface area contributed by atoms with E-state index in [4.69, 9.17) is 14.0 Å². The number of hydrogen-bond donors (Lipinski definition) is 0. The first-order valence-electron chi connectivity index (χ1n) is 10.3. The highest BCUT2D eigenvalue weighted by molar-refractivity contribution is 5.99. The van der Waals surface area contributed by atoms with Crippen molar-refractivity contribution in [2.75, 3.05) is 26.3 Å². The smallest absolute Gasteiger partial charge is 0.410 e. The molecule has 2 saturated heterocycles. The number of piperidine rings is 1. The van der Waals surface area contributed by atoms with Gasteiger partial charge >= 0.3 is 6.09 Å². The van der Waals surface area contributed by atoms with Crippen LogP contribution in [0.3, 0.4) is 0 Å². The molecule has 3 heterocycles. The van der Waals surface area contributed by atoms with Gasteiger partial charge in [-0.1, -0.05) is 23.4 Å². The van der Waals surface area contributed by atoms with Crippen molar-refractivity contribution in [2.45, 2.75) is 45.1 Å². The highest BCUT2D eigenvalue weighted by Gasteiger charge is 2.31. The molecule has 0 N–H and O–H groups in total. The standard InChI is InChI=1S/C22H27N3O5/c1-22(2,3)29-21(27)25-9-7-14(8-10-25)20-23-19(24-30-20)16-6-4-5-15(11-16)18(26)17-12-28-13-17/h4-6,11,14,17H,7-10,12-13H2,1-3H3. The van der Waals surface area contributed by atoms with Crippen LogP contribution in [0.2, 0.25) is 0 Å². The average Bonchev–Trinajstić information content (AvgIpc) is 3.16. The number of rotatable bonds is 4. The van der Waals surface area contributed by atoms with E-state index >= 15 is 0 Å². The van der Waals surface area contributed by atoms with Crippen LogP contribution < -0.4 is 0 Å². The number of benzene rings is 1. The average molecular weight is 413 g/mol. The number of carbonyl (C=O) groups excluding carboxylic acids is 2. The molecule has 160 valence electrons. The number of amides is 1. The van der Waals surface area contributed by atoms with Crippen LogP contribution in [0.4, 0.5) is 4.79 Å². The Bertz CT molecular complexity index is 921. The van der Waals surface area contributed by atoms with Crippen molar-refractivity contribution in [3.8, 4) is 11.4 Å². The molecule has 0 atom stereocenters. The van der Waals surface area contributed by atoms with E-state index < -0.39 is 5.60 Å². The minimum absolute atomic E-state index is 0.0590. The lowest BCUT2D eigenvalue weighted by atomic mass is 9.95. The number of Topliss-reactive ketones (excluding diaryl/α,β-unsaturated/α-hetero) is 1. The van der Waals surface area contributed by atoms with Gasteiger partial charge in [0, 0.05) is 30.1 Å². The van der Waals surface area contributed by atoms with Gasteiger partial charge in [-0.3, -0.25) is 4.79 Å². The van der Waals surface area contributed by atoms with Crippen LogP contribution in [0.25, 0.3) is 11.4 Å². The Morgan fingerprint density at radius 3 is 2.53 bits per heavy atom. The summed E-state index contributed by atoms with van der Waals surface area (Å²) in [5.41, 5.74) is 0.886. The Balaban J connectivity index is 1.39. The van der Waals surface area contributed by atoms with Gasteiger partial charge in [0.05, 0.1) is 19.1 Å². The summed E-state index contributed by atoms with van der Waals surface area (Å²) in [7, 11) is 0. The van der Waals surface area contributed by atoms with Crippen LogP contribution in [-0.2, 0) is 9.47 Å². The Labute approximate surface area is 175 Å². The van der Waals surface area contributed by atoms with E-state index in [9.17, 15) is 9.59 Å². The van der Waals surface area contributed by atoms with Gasteiger partial charge in [0.2, 0.25) is 11.7 Å². The SMILES string of the molecule is CC(C)(C)OC(=O)N1CCC(c2nc(-c3cccc(C(=O)C4COC4)c3)no2)CC1. The maximum absolute atomic E-state index is 12.4. The maximum atomic E-state index is 12.4. The Morgan fingerprint density at radius 1 is 1.17 bits per heavy atom. The minimum atomic E-state index is -0.503. The predicted octanol–water partition coefficient (Wildman–Crippen LogP) is 3.68. The van der Waals surface area contributed by atoms with Gasteiger partial charge in [-0.2, -0.15) is 4.98 Å². The Kier molecular flexibility index (Phi) is 5.60. The van der Waals surface area contributed by atoms with Crippen LogP contribution in [0.5, 0.6) is 0 Å². The van der Waals surface area contributed by atoms with Crippen LogP contribution in [0.15, 0.2) is 28.8 Å². The molecule has 4 rings (SSSR count). The van der Waals surface area contributed by atoms with Gasteiger partial charge in [0.15, 0.2) is 5.78 Å². The topological polar surface area (TPSA) is 94.8 Å². The highest BCUT2D eigenvalue weighted by atomic mass is 16.6. The lowest BCUT2D eigenvalue weighted by Gasteiger charge is -2.32. The number of carbonyl (C=O) groups is 2. The predicted molar refractivity (Wildman–Crippen MR) is 108 cm³/mol. The van der Waals surface area contributed by atoms with E-state index in [0.717, 1.165) is 18.4 Å². The third kappa shape index (κ3) is 4.53.